The molecule has 0 bridgehead atoms. The van der Waals surface area contributed by atoms with E-state index < -0.39 is 11.4 Å². The monoisotopic (exact) mass is 358 g/mol. The number of carbonyl (C=O) groups is 1. The van der Waals surface area contributed by atoms with Crippen molar-refractivity contribution in [1.29, 1.82) is 0 Å². The van der Waals surface area contributed by atoms with Gasteiger partial charge in [0.1, 0.15) is 16.9 Å². The number of aliphatic carboxylic acids is 1. The summed E-state index contributed by atoms with van der Waals surface area (Å²) in [6.07, 6.45) is 0.299. The highest BCUT2D eigenvalue weighted by atomic mass is 16.5. The van der Waals surface area contributed by atoms with E-state index in [4.69, 9.17) is 4.74 Å². The third kappa shape index (κ3) is 3.93. The van der Waals surface area contributed by atoms with Gasteiger partial charge in [-0.1, -0.05) is 72.8 Å². The van der Waals surface area contributed by atoms with Crippen LogP contribution in [0, 0.1) is 0 Å². The van der Waals surface area contributed by atoms with Crippen molar-refractivity contribution in [2.24, 2.45) is 0 Å². The van der Waals surface area contributed by atoms with Gasteiger partial charge in [-0.05, 0) is 48.7 Å². The second-order valence-corrected chi connectivity index (χ2v) is 6.60. The first-order chi connectivity index (χ1) is 13.0. The van der Waals surface area contributed by atoms with Crippen molar-refractivity contribution in [3.63, 3.8) is 0 Å². The lowest BCUT2D eigenvalue weighted by Gasteiger charge is -2.31. The molecule has 0 aromatic heterocycles. The number of hydrogen-bond acceptors (Lipinski definition) is 2. The van der Waals surface area contributed by atoms with Crippen LogP contribution in [0.5, 0.6) is 11.5 Å². The second kappa shape index (κ2) is 7.92. The Balaban J connectivity index is 1.96. The van der Waals surface area contributed by atoms with E-state index in [2.05, 4.69) is 6.58 Å². The Hall–Kier alpha value is -3.33. The Morgan fingerprint density at radius 3 is 2.11 bits per heavy atom. The van der Waals surface area contributed by atoms with Crippen LogP contribution in [0.4, 0.5) is 0 Å². The van der Waals surface area contributed by atoms with E-state index in [0.29, 0.717) is 17.7 Å². The van der Waals surface area contributed by atoms with Gasteiger partial charge >= 0.3 is 5.97 Å². The molecule has 3 rings (SSSR count). The van der Waals surface area contributed by atoms with Crippen LogP contribution in [-0.4, -0.2) is 11.1 Å². The third-order valence-electron chi connectivity index (χ3n) is 4.71. The Morgan fingerprint density at radius 1 is 0.926 bits per heavy atom. The van der Waals surface area contributed by atoms with Gasteiger partial charge in [0.2, 0.25) is 0 Å². The molecule has 3 aromatic rings. The van der Waals surface area contributed by atoms with E-state index in [1.54, 1.807) is 6.92 Å². The summed E-state index contributed by atoms with van der Waals surface area (Å²) in [6.45, 7) is 5.77. The highest BCUT2D eigenvalue weighted by Crippen LogP contribution is 2.36. The fourth-order valence-corrected chi connectivity index (χ4v) is 3.25. The van der Waals surface area contributed by atoms with E-state index in [1.807, 2.05) is 84.9 Å². The molecule has 1 N–H and O–H groups in total. The molecular weight excluding hydrogens is 336 g/mol. The minimum absolute atomic E-state index is 0.299. The summed E-state index contributed by atoms with van der Waals surface area (Å²) < 4.78 is 5.89. The lowest BCUT2D eigenvalue weighted by Crippen LogP contribution is -2.39. The van der Waals surface area contributed by atoms with Crippen molar-refractivity contribution in [3.8, 4) is 11.5 Å². The zero-order valence-electron chi connectivity index (χ0n) is 15.3. The van der Waals surface area contributed by atoms with E-state index in [1.165, 1.54) is 0 Å². The van der Waals surface area contributed by atoms with Crippen molar-refractivity contribution >= 4 is 5.97 Å². The zero-order chi connectivity index (χ0) is 19.3. The number of ether oxygens (including phenoxy) is 1. The van der Waals surface area contributed by atoms with E-state index in [0.717, 1.165) is 16.9 Å². The van der Waals surface area contributed by atoms with Crippen LogP contribution in [-0.2, 0) is 16.6 Å². The summed E-state index contributed by atoms with van der Waals surface area (Å²) in [6, 6.07) is 26.3. The molecule has 0 fully saturated rings. The molecule has 0 aliphatic heterocycles. The zero-order valence-corrected chi connectivity index (χ0v) is 15.3. The normalized spacial score (nSPS) is 12.8. The Morgan fingerprint density at radius 2 is 1.52 bits per heavy atom. The minimum Gasteiger partial charge on any atom is -0.480 e. The van der Waals surface area contributed by atoms with Crippen LogP contribution < -0.4 is 4.74 Å². The van der Waals surface area contributed by atoms with Gasteiger partial charge in [0.25, 0.3) is 0 Å². The maximum atomic E-state index is 12.4. The predicted octanol–water partition coefficient (Wildman–Crippen LogP) is 5.62. The lowest BCUT2D eigenvalue weighted by molar-refractivity contribution is -0.142. The number of hydrogen-bond donors (Lipinski definition) is 1. The molecular formula is C24H22O3. The van der Waals surface area contributed by atoms with Gasteiger partial charge in [-0.2, -0.15) is 0 Å². The highest BCUT2D eigenvalue weighted by molar-refractivity contribution is 5.86. The van der Waals surface area contributed by atoms with Gasteiger partial charge in [-0.25, -0.2) is 0 Å². The molecule has 0 spiro atoms. The standard InChI is InChI=1S/C24H22O3/c1-18(2)24(23(25)26,20-11-5-3-6-12-20)17-19-10-9-15-22(16-19)27-21-13-7-4-8-14-21/h3-16H,1,17H2,2H3,(H,25,26). The van der Waals surface area contributed by atoms with Gasteiger partial charge < -0.3 is 9.84 Å². The number of para-hydroxylation sites is 1. The Bertz CT molecular complexity index is 916. The predicted molar refractivity (Wildman–Crippen MR) is 107 cm³/mol. The molecule has 0 radical (unpaired) electrons. The molecule has 0 saturated heterocycles. The van der Waals surface area contributed by atoms with Crippen molar-refractivity contribution in [2.75, 3.05) is 0 Å². The first-order valence-electron chi connectivity index (χ1n) is 8.79. The fourth-order valence-electron chi connectivity index (χ4n) is 3.25. The average molecular weight is 358 g/mol. The summed E-state index contributed by atoms with van der Waals surface area (Å²) in [5.74, 6) is 0.505. The van der Waals surface area contributed by atoms with Crippen molar-refractivity contribution < 1.29 is 14.6 Å². The Kier molecular flexibility index (Phi) is 5.41. The summed E-state index contributed by atoms with van der Waals surface area (Å²) in [7, 11) is 0. The van der Waals surface area contributed by atoms with E-state index in [-0.39, 0.29) is 0 Å². The molecule has 3 heteroatoms. The summed E-state index contributed by atoms with van der Waals surface area (Å²) >= 11 is 0. The quantitative estimate of drug-likeness (QED) is 0.558. The van der Waals surface area contributed by atoms with Crippen LogP contribution >= 0.6 is 0 Å². The SMILES string of the molecule is C=C(C)C(Cc1cccc(Oc2ccccc2)c1)(C(=O)O)c1ccccc1. The van der Waals surface area contributed by atoms with Gasteiger partial charge in [0, 0.05) is 0 Å². The van der Waals surface area contributed by atoms with Crippen LogP contribution in [0.15, 0.2) is 97.1 Å². The maximum absolute atomic E-state index is 12.4. The van der Waals surface area contributed by atoms with Crippen molar-refractivity contribution in [1.82, 2.24) is 0 Å². The van der Waals surface area contributed by atoms with E-state index >= 15 is 0 Å². The summed E-state index contributed by atoms with van der Waals surface area (Å²) in [5.41, 5.74) is 1.000. The molecule has 0 aliphatic carbocycles. The summed E-state index contributed by atoms with van der Waals surface area (Å²) in [4.78, 5) is 12.4. The minimum atomic E-state index is -1.19. The number of rotatable bonds is 7. The average Bonchev–Trinajstić information content (AvgIpc) is 2.67. The molecule has 1 unspecified atom stereocenters. The van der Waals surface area contributed by atoms with Gasteiger partial charge in [-0.3, -0.25) is 4.79 Å². The number of carboxylic acids is 1. The number of benzene rings is 3. The van der Waals surface area contributed by atoms with Gasteiger partial charge in [0.15, 0.2) is 0 Å². The first kappa shape index (κ1) is 18.5. The molecule has 0 aliphatic rings. The topological polar surface area (TPSA) is 46.5 Å². The van der Waals surface area contributed by atoms with Crippen LogP contribution in [0.3, 0.4) is 0 Å². The molecule has 0 heterocycles. The Labute approximate surface area is 159 Å². The second-order valence-electron chi connectivity index (χ2n) is 6.60. The molecule has 0 saturated carbocycles. The molecule has 1 atom stereocenters. The highest BCUT2D eigenvalue weighted by Gasteiger charge is 2.41. The van der Waals surface area contributed by atoms with Crippen molar-refractivity contribution in [3.05, 3.63) is 108 Å². The van der Waals surface area contributed by atoms with E-state index in [9.17, 15) is 9.90 Å². The fraction of sp³-hybridized carbons (Fsp3) is 0.125. The smallest absolute Gasteiger partial charge is 0.318 e. The van der Waals surface area contributed by atoms with Gasteiger partial charge in [0.05, 0.1) is 0 Å². The summed E-state index contributed by atoms with van der Waals surface area (Å²) in [5, 5.41) is 10.1. The maximum Gasteiger partial charge on any atom is 0.318 e. The first-order valence-corrected chi connectivity index (χ1v) is 8.79. The molecule has 27 heavy (non-hydrogen) atoms. The van der Waals surface area contributed by atoms with Crippen LogP contribution in [0.25, 0.3) is 0 Å². The lowest BCUT2D eigenvalue weighted by atomic mass is 9.71. The molecule has 136 valence electrons. The third-order valence-corrected chi connectivity index (χ3v) is 4.71. The van der Waals surface area contributed by atoms with Crippen molar-refractivity contribution in [2.45, 2.75) is 18.8 Å². The van der Waals surface area contributed by atoms with Crippen LogP contribution in [0.2, 0.25) is 0 Å². The molecule has 0 amide bonds. The largest absolute Gasteiger partial charge is 0.480 e. The molecule has 3 aromatic carbocycles. The molecule has 3 nitrogen and oxygen atoms in total. The van der Waals surface area contributed by atoms with Gasteiger partial charge in [-0.15, -0.1) is 0 Å². The van der Waals surface area contributed by atoms with Crippen LogP contribution in [0.1, 0.15) is 18.1 Å². The number of carboxylic acid groups (broad SMARTS) is 1.